The molecular weight excluding hydrogens is 270 g/mol. The molecule has 2 rings (SSSR count). The molecule has 0 bridgehead atoms. The summed E-state index contributed by atoms with van der Waals surface area (Å²) >= 11 is 0. The van der Waals surface area contributed by atoms with Crippen LogP contribution in [0, 0.1) is 5.92 Å². The van der Waals surface area contributed by atoms with Crippen LogP contribution in [0.3, 0.4) is 0 Å². The summed E-state index contributed by atoms with van der Waals surface area (Å²) in [6.45, 7) is 2.00. The van der Waals surface area contributed by atoms with Crippen LogP contribution in [0.4, 0.5) is 5.69 Å². The van der Waals surface area contributed by atoms with Crippen LogP contribution in [0.5, 0.6) is 0 Å². The number of anilines is 1. The van der Waals surface area contributed by atoms with Gasteiger partial charge >= 0.3 is 0 Å². The van der Waals surface area contributed by atoms with Crippen molar-refractivity contribution >= 4 is 17.5 Å². The number of benzene rings is 1. The van der Waals surface area contributed by atoms with Crippen molar-refractivity contribution in [2.24, 2.45) is 11.7 Å². The molecule has 2 amide bonds. The van der Waals surface area contributed by atoms with Gasteiger partial charge in [0.25, 0.3) is 5.91 Å². The molecule has 21 heavy (non-hydrogen) atoms. The van der Waals surface area contributed by atoms with E-state index >= 15 is 0 Å². The number of rotatable bonds is 5. The maximum atomic E-state index is 12.2. The summed E-state index contributed by atoms with van der Waals surface area (Å²) in [7, 11) is 0. The first-order chi connectivity index (χ1) is 10.2. The summed E-state index contributed by atoms with van der Waals surface area (Å²) in [5, 5.41) is 5.56. The van der Waals surface area contributed by atoms with Crippen LogP contribution in [-0.2, 0) is 9.53 Å². The van der Waals surface area contributed by atoms with Crippen molar-refractivity contribution in [3.05, 3.63) is 29.8 Å². The lowest BCUT2D eigenvalue weighted by Crippen LogP contribution is -2.31. The van der Waals surface area contributed by atoms with Crippen LogP contribution in [0.25, 0.3) is 0 Å². The van der Waals surface area contributed by atoms with Gasteiger partial charge in [0.15, 0.2) is 0 Å². The van der Waals surface area contributed by atoms with Crippen LogP contribution in [-0.4, -0.2) is 38.1 Å². The molecule has 1 saturated heterocycles. The second-order valence-corrected chi connectivity index (χ2v) is 4.97. The summed E-state index contributed by atoms with van der Waals surface area (Å²) < 4.78 is 5.25. The highest BCUT2D eigenvalue weighted by Gasteiger charge is 2.22. The van der Waals surface area contributed by atoms with Crippen LogP contribution in [0.2, 0.25) is 0 Å². The van der Waals surface area contributed by atoms with Gasteiger partial charge in [-0.15, -0.1) is 0 Å². The molecule has 1 fully saturated rings. The Labute approximate surface area is 124 Å². The number of amides is 2. The van der Waals surface area contributed by atoms with Crippen molar-refractivity contribution < 1.29 is 14.3 Å². The fourth-order valence-corrected chi connectivity index (χ4v) is 2.27. The smallest absolute Gasteiger partial charge is 0.253 e. The maximum Gasteiger partial charge on any atom is 0.253 e. The van der Waals surface area contributed by atoms with E-state index in [1.807, 2.05) is 0 Å². The van der Waals surface area contributed by atoms with Crippen molar-refractivity contribution in [3.8, 4) is 0 Å². The molecule has 0 radical (unpaired) electrons. The monoisotopic (exact) mass is 291 g/mol. The number of hydrogen-bond donors (Lipinski definition) is 3. The number of carbonyl (C=O) groups is 2. The second-order valence-electron chi connectivity index (χ2n) is 4.97. The average Bonchev–Trinajstić information content (AvgIpc) is 2.54. The quantitative estimate of drug-likeness (QED) is 0.746. The van der Waals surface area contributed by atoms with Gasteiger partial charge < -0.3 is 21.1 Å². The molecule has 1 aromatic rings. The van der Waals surface area contributed by atoms with E-state index in [2.05, 4.69) is 10.6 Å². The molecule has 0 saturated carbocycles. The Hall–Kier alpha value is -1.92. The second kappa shape index (κ2) is 7.75. The van der Waals surface area contributed by atoms with Gasteiger partial charge in [0.1, 0.15) is 0 Å². The summed E-state index contributed by atoms with van der Waals surface area (Å²) in [6, 6.07) is 6.97. The van der Waals surface area contributed by atoms with E-state index in [9.17, 15) is 9.59 Å². The molecule has 1 aliphatic heterocycles. The average molecular weight is 291 g/mol. The first-order valence-electron chi connectivity index (χ1n) is 7.18. The van der Waals surface area contributed by atoms with Gasteiger partial charge in [-0.2, -0.15) is 0 Å². The first kappa shape index (κ1) is 15.5. The lowest BCUT2D eigenvalue weighted by atomic mass is 9.99. The van der Waals surface area contributed by atoms with Gasteiger partial charge in [-0.3, -0.25) is 9.59 Å². The van der Waals surface area contributed by atoms with Gasteiger partial charge in [-0.25, -0.2) is 0 Å². The Balaban J connectivity index is 2.05. The van der Waals surface area contributed by atoms with E-state index in [-0.39, 0.29) is 17.7 Å². The van der Waals surface area contributed by atoms with Crippen LogP contribution in [0.1, 0.15) is 23.2 Å². The lowest BCUT2D eigenvalue weighted by Gasteiger charge is -2.21. The molecule has 6 nitrogen and oxygen atoms in total. The normalized spacial score (nSPS) is 15.5. The Bertz CT molecular complexity index is 499. The Morgan fingerprint density at radius 3 is 2.67 bits per heavy atom. The third kappa shape index (κ3) is 4.27. The van der Waals surface area contributed by atoms with E-state index in [1.165, 1.54) is 0 Å². The highest BCUT2D eigenvalue weighted by molar-refractivity contribution is 6.04. The molecule has 0 unspecified atom stereocenters. The lowest BCUT2D eigenvalue weighted by molar-refractivity contribution is -0.122. The molecule has 4 N–H and O–H groups in total. The van der Waals surface area contributed by atoms with Gasteiger partial charge in [0.05, 0.1) is 11.3 Å². The number of nitrogens with two attached hydrogens (primary N) is 1. The summed E-state index contributed by atoms with van der Waals surface area (Å²) in [4.78, 5) is 24.3. The molecule has 6 heteroatoms. The van der Waals surface area contributed by atoms with Crippen molar-refractivity contribution in [1.82, 2.24) is 5.32 Å². The highest BCUT2D eigenvalue weighted by atomic mass is 16.5. The molecule has 1 aliphatic rings. The Morgan fingerprint density at radius 2 is 1.95 bits per heavy atom. The highest BCUT2D eigenvalue weighted by Crippen LogP contribution is 2.20. The first-order valence-corrected chi connectivity index (χ1v) is 7.18. The van der Waals surface area contributed by atoms with Crippen LogP contribution >= 0.6 is 0 Å². The van der Waals surface area contributed by atoms with E-state index in [0.29, 0.717) is 50.4 Å². The van der Waals surface area contributed by atoms with Crippen LogP contribution in [0.15, 0.2) is 24.3 Å². The third-order valence-electron chi connectivity index (χ3n) is 3.45. The number of nitrogens with one attached hydrogen (secondary N) is 2. The van der Waals surface area contributed by atoms with Gasteiger partial charge in [0.2, 0.25) is 5.91 Å². The van der Waals surface area contributed by atoms with Crippen molar-refractivity contribution in [2.75, 3.05) is 31.6 Å². The molecule has 0 atom stereocenters. The summed E-state index contributed by atoms with van der Waals surface area (Å²) in [6.07, 6.45) is 1.43. The Morgan fingerprint density at radius 1 is 1.24 bits per heavy atom. The van der Waals surface area contributed by atoms with Crippen molar-refractivity contribution in [2.45, 2.75) is 12.8 Å². The minimum atomic E-state index is -0.233. The fraction of sp³-hybridized carbons (Fsp3) is 0.467. The number of ether oxygens (including phenoxy) is 1. The zero-order valence-corrected chi connectivity index (χ0v) is 11.9. The molecule has 0 aromatic heterocycles. The molecule has 114 valence electrons. The topological polar surface area (TPSA) is 93.5 Å². The summed E-state index contributed by atoms with van der Waals surface area (Å²) in [5.74, 6) is -0.348. The zero-order valence-electron chi connectivity index (χ0n) is 11.9. The molecule has 1 aromatic carbocycles. The third-order valence-corrected chi connectivity index (χ3v) is 3.45. The SMILES string of the molecule is NCCNC(=O)c1ccccc1NC(=O)C1CCOCC1. The predicted octanol–water partition coefficient (Wildman–Crippen LogP) is 0.740. The molecule has 0 aliphatic carbocycles. The maximum absolute atomic E-state index is 12.2. The van der Waals surface area contributed by atoms with E-state index in [1.54, 1.807) is 24.3 Å². The van der Waals surface area contributed by atoms with Gasteiger partial charge in [-0.05, 0) is 25.0 Å². The van der Waals surface area contributed by atoms with Crippen molar-refractivity contribution in [1.29, 1.82) is 0 Å². The zero-order chi connectivity index (χ0) is 15.1. The van der Waals surface area contributed by atoms with Crippen molar-refractivity contribution in [3.63, 3.8) is 0 Å². The fourth-order valence-electron chi connectivity index (χ4n) is 2.27. The standard InChI is InChI=1S/C15H21N3O3/c16-7-8-17-15(20)12-3-1-2-4-13(12)18-14(19)11-5-9-21-10-6-11/h1-4,11H,5-10,16H2,(H,17,20)(H,18,19). The van der Waals surface area contributed by atoms with E-state index in [4.69, 9.17) is 10.5 Å². The van der Waals surface area contributed by atoms with Gasteiger partial charge in [-0.1, -0.05) is 12.1 Å². The minimum Gasteiger partial charge on any atom is -0.381 e. The largest absolute Gasteiger partial charge is 0.381 e. The summed E-state index contributed by atoms with van der Waals surface area (Å²) in [5.41, 5.74) is 6.36. The van der Waals surface area contributed by atoms with E-state index in [0.717, 1.165) is 0 Å². The number of hydrogen-bond acceptors (Lipinski definition) is 4. The molecule has 0 spiro atoms. The van der Waals surface area contributed by atoms with E-state index < -0.39 is 0 Å². The molecular formula is C15H21N3O3. The predicted molar refractivity (Wildman–Crippen MR) is 80.0 cm³/mol. The number of para-hydroxylation sites is 1. The number of carbonyl (C=O) groups excluding carboxylic acids is 2. The minimum absolute atomic E-state index is 0.0566. The Kier molecular flexibility index (Phi) is 5.71. The van der Waals surface area contributed by atoms with Gasteiger partial charge in [0, 0.05) is 32.2 Å². The molecule has 1 heterocycles. The van der Waals surface area contributed by atoms with Crippen LogP contribution < -0.4 is 16.4 Å².